The zero-order chi connectivity index (χ0) is 18.4. The van der Waals surface area contributed by atoms with Gasteiger partial charge in [-0.25, -0.2) is 4.79 Å². The van der Waals surface area contributed by atoms with Crippen LogP contribution in [0.2, 0.25) is 0 Å². The van der Waals surface area contributed by atoms with E-state index in [2.05, 4.69) is 5.32 Å². The van der Waals surface area contributed by atoms with Crippen molar-refractivity contribution in [1.82, 2.24) is 15.1 Å². The molecule has 0 bridgehead atoms. The number of amides is 3. The van der Waals surface area contributed by atoms with Crippen LogP contribution in [0.25, 0.3) is 0 Å². The molecule has 0 aliphatic carbocycles. The van der Waals surface area contributed by atoms with E-state index in [0.29, 0.717) is 32.6 Å². The number of hydrogen-bond acceptors (Lipinski definition) is 3. The predicted molar refractivity (Wildman–Crippen MR) is 97.1 cm³/mol. The molecule has 1 saturated heterocycles. The lowest BCUT2D eigenvalue weighted by atomic mass is 10.1. The van der Waals surface area contributed by atoms with Crippen molar-refractivity contribution < 1.29 is 14.3 Å². The molecule has 1 aliphatic rings. The molecule has 2 rings (SSSR count). The van der Waals surface area contributed by atoms with Gasteiger partial charge in [0.25, 0.3) is 0 Å². The first-order valence-corrected chi connectivity index (χ1v) is 8.75. The topological polar surface area (TPSA) is 61.9 Å². The zero-order valence-electron chi connectivity index (χ0n) is 15.6. The Morgan fingerprint density at radius 2 is 2.00 bits per heavy atom. The fourth-order valence-electron chi connectivity index (χ4n) is 3.14. The molecular formula is C19H29N3O3. The normalized spacial score (nSPS) is 19.4. The summed E-state index contributed by atoms with van der Waals surface area (Å²) in [7, 11) is 1.75. The maximum Gasteiger partial charge on any atom is 0.317 e. The molecule has 1 atom stereocenters. The molecule has 1 aromatic carbocycles. The maximum absolute atomic E-state index is 12.4. The van der Waals surface area contributed by atoms with E-state index in [4.69, 9.17) is 4.74 Å². The van der Waals surface area contributed by atoms with Gasteiger partial charge in [0.2, 0.25) is 5.91 Å². The van der Waals surface area contributed by atoms with Gasteiger partial charge >= 0.3 is 6.03 Å². The molecule has 1 unspecified atom stereocenters. The molecule has 1 fully saturated rings. The van der Waals surface area contributed by atoms with Crippen molar-refractivity contribution in [1.29, 1.82) is 0 Å². The van der Waals surface area contributed by atoms with Crippen molar-refractivity contribution >= 4 is 11.9 Å². The van der Waals surface area contributed by atoms with Crippen LogP contribution in [-0.4, -0.2) is 60.1 Å². The number of rotatable bonds is 5. The Labute approximate surface area is 150 Å². The molecule has 6 heteroatoms. The number of nitrogens with zero attached hydrogens (tertiary/aromatic N) is 2. The van der Waals surface area contributed by atoms with Gasteiger partial charge in [-0.3, -0.25) is 4.79 Å². The Hall–Kier alpha value is -2.08. The summed E-state index contributed by atoms with van der Waals surface area (Å²) < 4.78 is 5.81. The first-order valence-electron chi connectivity index (χ1n) is 8.75. The van der Waals surface area contributed by atoms with Gasteiger partial charge in [0.15, 0.2) is 0 Å². The van der Waals surface area contributed by atoms with Gasteiger partial charge < -0.3 is 19.9 Å². The second-order valence-electron chi connectivity index (χ2n) is 7.29. The van der Waals surface area contributed by atoms with E-state index in [1.54, 1.807) is 11.9 Å². The van der Waals surface area contributed by atoms with Crippen LogP contribution in [0.15, 0.2) is 30.3 Å². The number of morpholine rings is 1. The quantitative estimate of drug-likeness (QED) is 0.889. The van der Waals surface area contributed by atoms with Crippen LogP contribution >= 0.6 is 0 Å². The van der Waals surface area contributed by atoms with Crippen LogP contribution in [0.4, 0.5) is 4.79 Å². The van der Waals surface area contributed by atoms with Crippen LogP contribution in [-0.2, 0) is 16.1 Å². The Morgan fingerprint density at radius 3 is 2.64 bits per heavy atom. The highest BCUT2D eigenvalue weighted by Crippen LogP contribution is 2.21. The highest BCUT2D eigenvalue weighted by Gasteiger charge is 2.33. The summed E-state index contributed by atoms with van der Waals surface area (Å²) >= 11 is 0. The monoisotopic (exact) mass is 347 g/mol. The van der Waals surface area contributed by atoms with Crippen molar-refractivity contribution in [2.75, 3.05) is 26.7 Å². The number of hydrogen-bond donors (Lipinski definition) is 1. The number of urea groups is 1. The van der Waals surface area contributed by atoms with Gasteiger partial charge in [-0.1, -0.05) is 30.3 Å². The minimum absolute atomic E-state index is 0.0271. The summed E-state index contributed by atoms with van der Waals surface area (Å²) in [5.74, 6) is 0.0502. The number of carbonyl (C=O) groups excluding carboxylic acids is 2. The van der Waals surface area contributed by atoms with Crippen molar-refractivity contribution in [3.63, 3.8) is 0 Å². The summed E-state index contributed by atoms with van der Waals surface area (Å²) in [5.41, 5.74) is 0.743. The SMILES string of the molecule is CC1CN(C(=O)CCNC(=O)N(C)Cc2ccccc2)CC(C)(C)O1. The van der Waals surface area contributed by atoms with E-state index >= 15 is 0 Å². The van der Waals surface area contributed by atoms with E-state index < -0.39 is 0 Å². The van der Waals surface area contributed by atoms with Gasteiger partial charge in [0, 0.05) is 39.6 Å². The lowest BCUT2D eigenvalue weighted by Crippen LogP contribution is -2.54. The smallest absolute Gasteiger partial charge is 0.317 e. The van der Waals surface area contributed by atoms with Crippen LogP contribution in [0.5, 0.6) is 0 Å². The number of carbonyl (C=O) groups is 2. The third-order valence-electron chi connectivity index (χ3n) is 4.15. The molecule has 1 heterocycles. The lowest BCUT2D eigenvalue weighted by molar-refractivity contribution is -0.158. The Morgan fingerprint density at radius 1 is 1.32 bits per heavy atom. The summed E-state index contributed by atoms with van der Waals surface area (Å²) in [4.78, 5) is 27.9. The van der Waals surface area contributed by atoms with Gasteiger partial charge in [0.1, 0.15) is 0 Å². The molecule has 1 aromatic rings. The molecular weight excluding hydrogens is 318 g/mol. The third kappa shape index (κ3) is 6.05. The highest BCUT2D eigenvalue weighted by atomic mass is 16.5. The first-order chi connectivity index (χ1) is 11.8. The van der Waals surface area contributed by atoms with Crippen molar-refractivity contribution in [3.05, 3.63) is 35.9 Å². The van der Waals surface area contributed by atoms with Crippen LogP contribution in [0.1, 0.15) is 32.8 Å². The second kappa shape index (κ2) is 8.34. The van der Waals surface area contributed by atoms with Crippen LogP contribution in [0.3, 0.4) is 0 Å². The maximum atomic E-state index is 12.4. The van der Waals surface area contributed by atoms with Crippen LogP contribution in [0, 0.1) is 0 Å². The Bertz CT molecular complexity index is 589. The molecule has 138 valence electrons. The molecule has 0 radical (unpaired) electrons. The average molecular weight is 347 g/mol. The summed E-state index contributed by atoms with van der Waals surface area (Å²) in [5, 5.41) is 2.81. The summed E-state index contributed by atoms with van der Waals surface area (Å²) in [6.07, 6.45) is 0.326. The lowest BCUT2D eigenvalue weighted by Gasteiger charge is -2.41. The number of ether oxygens (including phenoxy) is 1. The molecule has 0 spiro atoms. The van der Waals surface area contributed by atoms with E-state index in [1.165, 1.54) is 0 Å². The Balaban J connectivity index is 1.74. The standard InChI is InChI=1S/C19H29N3O3/c1-15-12-22(14-19(2,3)25-15)17(23)10-11-20-18(24)21(4)13-16-8-6-5-7-9-16/h5-9,15H,10-14H2,1-4H3,(H,20,24). The van der Waals surface area contributed by atoms with Crippen molar-refractivity contribution in [2.45, 2.75) is 45.4 Å². The van der Waals surface area contributed by atoms with E-state index in [0.717, 1.165) is 5.56 Å². The van der Waals surface area contributed by atoms with Gasteiger partial charge in [-0.15, -0.1) is 0 Å². The van der Waals surface area contributed by atoms with Gasteiger partial charge in [-0.2, -0.15) is 0 Å². The predicted octanol–water partition coefficient (Wildman–Crippen LogP) is 2.24. The zero-order valence-corrected chi connectivity index (χ0v) is 15.6. The summed E-state index contributed by atoms with van der Waals surface area (Å²) in [6.45, 7) is 8.01. The van der Waals surface area contributed by atoms with Crippen molar-refractivity contribution in [2.24, 2.45) is 0 Å². The largest absolute Gasteiger partial charge is 0.369 e. The number of benzene rings is 1. The molecule has 3 amide bonds. The minimum atomic E-state index is -0.327. The molecule has 1 aliphatic heterocycles. The Kier molecular flexibility index (Phi) is 6.42. The third-order valence-corrected chi connectivity index (χ3v) is 4.15. The molecule has 0 aromatic heterocycles. The van der Waals surface area contributed by atoms with Crippen molar-refractivity contribution in [3.8, 4) is 0 Å². The van der Waals surface area contributed by atoms with E-state index in [1.807, 2.05) is 56.0 Å². The minimum Gasteiger partial charge on any atom is -0.369 e. The van der Waals surface area contributed by atoms with Gasteiger partial charge in [0.05, 0.1) is 11.7 Å². The molecule has 6 nitrogen and oxygen atoms in total. The first kappa shape index (κ1) is 19.2. The second-order valence-corrected chi connectivity index (χ2v) is 7.29. The van der Waals surface area contributed by atoms with E-state index in [9.17, 15) is 9.59 Å². The summed E-state index contributed by atoms with van der Waals surface area (Å²) in [6, 6.07) is 9.63. The number of nitrogens with one attached hydrogen (secondary N) is 1. The van der Waals surface area contributed by atoms with Gasteiger partial charge in [-0.05, 0) is 26.3 Å². The fraction of sp³-hybridized carbons (Fsp3) is 0.579. The molecule has 25 heavy (non-hydrogen) atoms. The molecule has 1 N–H and O–H groups in total. The average Bonchev–Trinajstić information content (AvgIpc) is 2.53. The van der Waals surface area contributed by atoms with Crippen LogP contribution < -0.4 is 5.32 Å². The highest BCUT2D eigenvalue weighted by molar-refractivity contribution is 5.78. The fourth-order valence-corrected chi connectivity index (χ4v) is 3.14. The van der Waals surface area contributed by atoms with E-state index in [-0.39, 0.29) is 23.6 Å². The molecule has 0 saturated carbocycles.